The van der Waals surface area contributed by atoms with Gasteiger partial charge in [-0.05, 0) is 29.8 Å². The molecule has 0 fully saturated rings. The number of nitrogens with zero attached hydrogens (tertiary/aromatic N) is 2. The minimum atomic E-state index is -0.751. The van der Waals surface area contributed by atoms with Crippen LogP contribution in [0.25, 0.3) is 0 Å². The third-order valence-corrected chi connectivity index (χ3v) is 2.74. The van der Waals surface area contributed by atoms with Gasteiger partial charge in [-0.15, -0.1) is 0 Å². The number of rotatable bonds is 4. The fourth-order valence-electron chi connectivity index (χ4n) is 1.72. The summed E-state index contributed by atoms with van der Waals surface area (Å²) in [5, 5.41) is 20.0. The molecule has 0 amide bonds. The molecule has 0 radical (unpaired) electrons. The van der Waals surface area contributed by atoms with Crippen molar-refractivity contribution in [3.05, 3.63) is 63.5 Å². The summed E-state index contributed by atoms with van der Waals surface area (Å²) in [5.41, 5.74) is 5.88. The molecule has 0 atom stereocenters. The molecule has 6 nitrogen and oxygen atoms in total. The Kier molecular flexibility index (Phi) is 4.11. The van der Waals surface area contributed by atoms with Gasteiger partial charge in [0.25, 0.3) is 0 Å². The van der Waals surface area contributed by atoms with E-state index >= 15 is 0 Å². The highest BCUT2D eigenvalue weighted by Gasteiger charge is 2.18. The summed E-state index contributed by atoms with van der Waals surface area (Å²) in [6, 6.07) is 9.54. The number of benzene rings is 2. The molecule has 0 aliphatic rings. The van der Waals surface area contributed by atoms with E-state index in [0.717, 1.165) is 23.8 Å². The van der Waals surface area contributed by atoms with Gasteiger partial charge in [-0.1, -0.05) is 6.07 Å². The highest BCUT2D eigenvalue weighted by atomic mass is 19.1. The van der Waals surface area contributed by atoms with Gasteiger partial charge >= 0.3 is 5.69 Å². The predicted octanol–water partition coefficient (Wildman–Crippen LogP) is 2.86. The van der Waals surface area contributed by atoms with Gasteiger partial charge in [0.2, 0.25) is 5.75 Å². The molecule has 2 N–H and O–H groups in total. The predicted molar refractivity (Wildman–Crippen MR) is 72.2 cm³/mol. The van der Waals surface area contributed by atoms with Crippen molar-refractivity contribution in [2.75, 3.05) is 0 Å². The van der Waals surface area contributed by atoms with Crippen molar-refractivity contribution in [3.8, 4) is 17.6 Å². The highest BCUT2D eigenvalue weighted by Crippen LogP contribution is 2.33. The van der Waals surface area contributed by atoms with E-state index in [1.165, 1.54) is 12.1 Å². The summed E-state index contributed by atoms with van der Waals surface area (Å²) in [7, 11) is 0. The molecule has 0 saturated heterocycles. The third kappa shape index (κ3) is 3.13. The first-order valence-corrected chi connectivity index (χ1v) is 5.90. The minimum Gasteiger partial charge on any atom is -0.449 e. The van der Waals surface area contributed by atoms with Gasteiger partial charge in [0.15, 0.2) is 0 Å². The number of ether oxygens (including phenoxy) is 1. The summed E-state index contributed by atoms with van der Waals surface area (Å²) in [4.78, 5) is 10.1. The SMILES string of the molecule is N#Cc1cc(CN)ccc1Oc1ccc(F)cc1[N+](=O)[O-]. The second kappa shape index (κ2) is 5.98. The van der Waals surface area contributed by atoms with E-state index in [-0.39, 0.29) is 23.6 Å². The van der Waals surface area contributed by atoms with Crippen LogP contribution in [0.4, 0.5) is 10.1 Å². The van der Waals surface area contributed by atoms with Crippen LogP contribution in [0.15, 0.2) is 36.4 Å². The second-order valence-electron chi connectivity index (χ2n) is 4.12. The number of nitro groups is 1. The number of nitrogens with two attached hydrogens (primary N) is 1. The number of halogens is 1. The van der Waals surface area contributed by atoms with E-state index < -0.39 is 16.4 Å². The molecule has 0 bridgehead atoms. The maximum Gasteiger partial charge on any atom is 0.314 e. The molecule has 2 aromatic rings. The van der Waals surface area contributed by atoms with Crippen molar-refractivity contribution in [2.45, 2.75) is 6.54 Å². The highest BCUT2D eigenvalue weighted by molar-refractivity contribution is 5.52. The average molecular weight is 287 g/mol. The zero-order valence-corrected chi connectivity index (χ0v) is 10.7. The van der Waals surface area contributed by atoms with E-state index in [9.17, 15) is 14.5 Å². The smallest absolute Gasteiger partial charge is 0.314 e. The Morgan fingerprint density at radius 2 is 2.00 bits per heavy atom. The number of hydrogen-bond acceptors (Lipinski definition) is 5. The molecule has 0 heterocycles. The number of nitro benzene ring substituents is 1. The first-order chi connectivity index (χ1) is 10.0. The number of hydrogen-bond donors (Lipinski definition) is 1. The fraction of sp³-hybridized carbons (Fsp3) is 0.0714. The topological polar surface area (TPSA) is 102 Å². The van der Waals surface area contributed by atoms with Gasteiger partial charge < -0.3 is 10.5 Å². The Balaban J connectivity index is 2.43. The standard InChI is InChI=1S/C14H10FN3O3/c15-11-2-4-14(12(6-11)18(19)20)21-13-3-1-9(7-16)5-10(13)8-17/h1-6H,7,16H2. The zero-order chi connectivity index (χ0) is 15.4. The number of nitriles is 1. The molecular weight excluding hydrogens is 277 g/mol. The maximum atomic E-state index is 13.1. The van der Waals surface area contributed by atoms with Crippen LogP contribution in [0.3, 0.4) is 0 Å². The van der Waals surface area contributed by atoms with Crippen LogP contribution >= 0.6 is 0 Å². The lowest BCUT2D eigenvalue weighted by Gasteiger charge is -2.09. The Bertz CT molecular complexity index is 741. The minimum absolute atomic E-state index is 0.140. The first kappa shape index (κ1) is 14.4. The lowest BCUT2D eigenvalue weighted by Crippen LogP contribution is -1.99. The monoisotopic (exact) mass is 287 g/mol. The van der Waals surface area contributed by atoms with Crippen molar-refractivity contribution < 1.29 is 14.1 Å². The Hall–Kier alpha value is -2.98. The van der Waals surface area contributed by atoms with Gasteiger partial charge in [-0.25, -0.2) is 4.39 Å². The molecule has 7 heteroatoms. The van der Waals surface area contributed by atoms with Gasteiger partial charge in [-0.3, -0.25) is 10.1 Å². The van der Waals surface area contributed by atoms with Crippen LogP contribution in [0.5, 0.6) is 11.5 Å². The average Bonchev–Trinajstić information content (AvgIpc) is 2.49. The molecule has 0 aliphatic heterocycles. The van der Waals surface area contributed by atoms with Crippen LogP contribution in [-0.2, 0) is 6.54 Å². The Morgan fingerprint density at radius 1 is 1.29 bits per heavy atom. The second-order valence-corrected chi connectivity index (χ2v) is 4.12. The molecular formula is C14H10FN3O3. The normalized spacial score (nSPS) is 9.95. The molecule has 2 aromatic carbocycles. The van der Waals surface area contributed by atoms with Gasteiger partial charge in [0.1, 0.15) is 17.6 Å². The molecule has 0 aromatic heterocycles. The van der Waals surface area contributed by atoms with Crippen molar-refractivity contribution in [2.24, 2.45) is 5.73 Å². The van der Waals surface area contributed by atoms with Crippen molar-refractivity contribution in [1.29, 1.82) is 5.26 Å². The van der Waals surface area contributed by atoms with E-state index in [0.29, 0.717) is 0 Å². The molecule has 0 spiro atoms. The summed E-state index contributed by atoms with van der Waals surface area (Å²) < 4.78 is 18.4. The van der Waals surface area contributed by atoms with Crippen molar-refractivity contribution >= 4 is 5.69 Å². The molecule has 2 rings (SSSR count). The van der Waals surface area contributed by atoms with E-state index in [2.05, 4.69) is 0 Å². The Labute approximate surface area is 119 Å². The molecule has 106 valence electrons. The van der Waals surface area contributed by atoms with Crippen molar-refractivity contribution in [3.63, 3.8) is 0 Å². The lowest BCUT2D eigenvalue weighted by molar-refractivity contribution is -0.385. The zero-order valence-electron chi connectivity index (χ0n) is 10.7. The quantitative estimate of drug-likeness (QED) is 0.688. The van der Waals surface area contributed by atoms with E-state index in [4.69, 9.17) is 15.7 Å². The van der Waals surface area contributed by atoms with Crippen LogP contribution in [0.1, 0.15) is 11.1 Å². The van der Waals surface area contributed by atoms with E-state index in [1.807, 2.05) is 6.07 Å². The van der Waals surface area contributed by atoms with Gasteiger partial charge in [0.05, 0.1) is 16.6 Å². The maximum absolute atomic E-state index is 13.1. The summed E-state index contributed by atoms with van der Waals surface area (Å²) in [5.74, 6) is -0.740. The van der Waals surface area contributed by atoms with Crippen LogP contribution < -0.4 is 10.5 Å². The van der Waals surface area contributed by atoms with Crippen molar-refractivity contribution in [1.82, 2.24) is 0 Å². The largest absolute Gasteiger partial charge is 0.449 e. The summed E-state index contributed by atoms with van der Waals surface area (Å²) in [6.45, 7) is 0.256. The van der Waals surface area contributed by atoms with E-state index in [1.54, 1.807) is 6.07 Å². The fourth-order valence-corrected chi connectivity index (χ4v) is 1.72. The van der Waals surface area contributed by atoms with Gasteiger partial charge in [-0.2, -0.15) is 5.26 Å². The van der Waals surface area contributed by atoms with Crippen LogP contribution in [0, 0.1) is 27.3 Å². The van der Waals surface area contributed by atoms with Gasteiger partial charge in [0, 0.05) is 6.54 Å². The third-order valence-electron chi connectivity index (χ3n) is 2.74. The molecule has 0 unspecified atom stereocenters. The first-order valence-electron chi connectivity index (χ1n) is 5.90. The molecule has 21 heavy (non-hydrogen) atoms. The molecule has 0 saturated carbocycles. The summed E-state index contributed by atoms with van der Waals surface area (Å²) >= 11 is 0. The Morgan fingerprint density at radius 3 is 2.62 bits per heavy atom. The van der Waals surface area contributed by atoms with Crippen LogP contribution in [0.2, 0.25) is 0 Å². The lowest BCUT2D eigenvalue weighted by atomic mass is 10.1. The summed E-state index contributed by atoms with van der Waals surface area (Å²) in [6.07, 6.45) is 0. The van der Waals surface area contributed by atoms with Crippen LogP contribution in [-0.4, -0.2) is 4.92 Å². The molecule has 0 aliphatic carbocycles.